The molecule has 0 spiro atoms. The van der Waals surface area contributed by atoms with Crippen LogP contribution in [0.1, 0.15) is 36.2 Å². The van der Waals surface area contributed by atoms with Crippen molar-refractivity contribution in [2.45, 2.75) is 45.9 Å². The summed E-state index contributed by atoms with van der Waals surface area (Å²) in [5, 5.41) is 2.86. The van der Waals surface area contributed by atoms with Crippen LogP contribution in [0.3, 0.4) is 0 Å². The maximum absolute atomic E-state index is 16.1. The first-order valence-corrected chi connectivity index (χ1v) is 16.4. The molecule has 46 heavy (non-hydrogen) atoms. The number of amides is 1. The lowest BCUT2D eigenvalue weighted by molar-refractivity contribution is -0.126. The van der Waals surface area contributed by atoms with Crippen LogP contribution in [0.2, 0.25) is 0 Å². The number of thiophene rings is 1. The van der Waals surface area contributed by atoms with Gasteiger partial charge in [-0.15, -0.1) is 11.3 Å². The third-order valence-corrected chi connectivity index (χ3v) is 9.65. The van der Waals surface area contributed by atoms with Gasteiger partial charge in [-0.05, 0) is 73.7 Å². The maximum Gasteiger partial charge on any atom is 0.246 e. The highest BCUT2D eigenvalue weighted by Gasteiger charge is 2.28. The van der Waals surface area contributed by atoms with Gasteiger partial charge in [0.25, 0.3) is 0 Å². The standard InChI is InChI=1S/C37H34F2N4O2S/c1-5-32(44)43-12-9-30-26(20-43)15-25(18-40-30)36-34(33-29(39)16-27(38)17-31(33)45-21(2)3)37-28(10-13-46-37)35(41-36)23-6-7-24-19-42(4)11-8-22(24)14-23/h5-7,10,13-18,21H,1,8-9,11-12,19-20H2,2-4H3. The highest BCUT2D eigenvalue weighted by atomic mass is 32.1. The van der Waals surface area contributed by atoms with E-state index in [2.05, 4.69) is 36.7 Å². The van der Waals surface area contributed by atoms with E-state index in [1.165, 1.54) is 34.6 Å². The minimum absolute atomic E-state index is 0.115. The molecule has 2 aromatic carbocycles. The SMILES string of the molecule is C=CC(=O)N1CCc2ncc(-c3nc(-c4ccc5c(c4)CCN(C)C5)c4ccsc4c3-c3c(F)cc(F)cc3OC(C)C)cc2C1. The van der Waals surface area contributed by atoms with Crippen molar-refractivity contribution in [2.75, 3.05) is 20.1 Å². The van der Waals surface area contributed by atoms with Crippen molar-refractivity contribution in [1.82, 2.24) is 19.8 Å². The largest absolute Gasteiger partial charge is 0.490 e. The number of hydrogen-bond acceptors (Lipinski definition) is 6. The monoisotopic (exact) mass is 636 g/mol. The quantitative estimate of drug-likeness (QED) is 0.178. The number of carbonyl (C=O) groups excluding carboxylic acids is 1. The van der Waals surface area contributed by atoms with Crippen molar-refractivity contribution in [1.29, 1.82) is 0 Å². The molecule has 0 saturated heterocycles. The van der Waals surface area contributed by atoms with Gasteiger partial charge in [0.2, 0.25) is 5.91 Å². The summed E-state index contributed by atoms with van der Waals surface area (Å²) >= 11 is 1.49. The van der Waals surface area contributed by atoms with E-state index in [1.54, 1.807) is 11.1 Å². The van der Waals surface area contributed by atoms with Crippen molar-refractivity contribution in [3.63, 3.8) is 0 Å². The number of aromatic nitrogens is 2. The van der Waals surface area contributed by atoms with Crippen LogP contribution in [0, 0.1) is 11.6 Å². The Morgan fingerprint density at radius 1 is 0.978 bits per heavy atom. The summed E-state index contributed by atoms with van der Waals surface area (Å²) in [6, 6.07) is 12.6. The van der Waals surface area contributed by atoms with Gasteiger partial charge in [-0.3, -0.25) is 9.78 Å². The molecule has 234 valence electrons. The molecule has 2 aliphatic heterocycles. The fourth-order valence-corrected chi connectivity index (χ4v) is 7.49. The van der Waals surface area contributed by atoms with Crippen LogP contribution in [-0.4, -0.2) is 51.9 Å². The molecular weight excluding hydrogens is 602 g/mol. The highest BCUT2D eigenvalue weighted by molar-refractivity contribution is 7.18. The minimum atomic E-state index is -0.729. The second kappa shape index (κ2) is 12.0. The lowest BCUT2D eigenvalue weighted by atomic mass is 9.92. The molecule has 0 atom stereocenters. The molecule has 1 amide bonds. The van der Waals surface area contributed by atoms with Crippen LogP contribution < -0.4 is 4.74 Å². The van der Waals surface area contributed by atoms with E-state index in [-0.39, 0.29) is 23.3 Å². The Kier molecular flexibility index (Phi) is 7.90. The molecule has 3 aromatic heterocycles. The Morgan fingerprint density at radius 3 is 2.61 bits per heavy atom. The van der Waals surface area contributed by atoms with Crippen molar-refractivity contribution in [3.05, 3.63) is 101 Å². The Morgan fingerprint density at radius 2 is 1.80 bits per heavy atom. The van der Waals surface area contributed by atoms with Crippen LogP contribution in [0.5, 0.6) is 5.75 Å². The number of hydrogen-bond donors (Lipinski definition) is 0. The van der Waals surface area contributed by atoms with Crippen molar-refractivity contribution in [2.24, 2.45) is 0 Å². The molecule has 2 aliphatic rings. The van der Waals surface area contributed by atoms with Crippen molar-refractivity contribution >= 4 is 27.3 Å². The molecule has 0 radical (unpaired) electrons. The fourth-order valence-electron chi connectivity index (χ4n) is 6.54. The summed E-state index contributed by atoms with van der Waals surface area (Å²) in [6.45, 7) is 10.1. The predicted octanol–water partition coefficient (Wildman–Crippen LogP) is 7.82. The smallest absolute Gasteiger partial charge is 0.246 e. The highest BCUT2D eigenvalue weighted by Crippen LogP contribution is 2.47. The summed E-state index contributed by atoms with van der Waals surface area (Å²) in [7, 11) is 2.13. The van der Waals surface area contributed by atoms with Gasteiger partial charge < -0.3 is 14.5 Å². The molecule has 5 aromatic rings. The fraction of sp³-hybridized carbons (Fsp3) is 0.270. The Labute approximate surface area is 271 Å². The van der Waals surface area contributed by atoms with Gasteiger partial charge in [0, 0.05) is 83.4 Å². The molecule has 9 heteroatoms. The summed E-state index contributed by atoms with van der Waals surface area (Å²) in [5.74, 6) is -1.47. The van der Waals surface area contributed by atoms with Crippen molar-refractivity contribution < 1.29 is 18.3 Å². The summed E-state index contributed by atoms with van der Waals surface area (Å²) < 4.78 is 37.5. The molecule has 6 nitrogen and oxygen atoms in total. The Bertz CT molecular complexity index is 2020. The number of halogens is 2. The molecule has 5 heterocycles. The molecule has 0 bridgehead atoms. The zero-order chi connectivity index (χ0) is 32.1. The lowest BCUT2D eigenvalue weighted by Crippen LogP contribution is -2.35. The molecule has 0 saturated carbocycles. The van der Waals surface area contributed by atoms with Gasteiger partial charge in [-0.2, -0.15) is 0 Å². The first-order valence-electron chi connectivity index (χ1n) is 15.5. The van der Waals surface area contributed by atoms with E-state index in [0.717, 1.165) is 58.2 Å². The van der Waals surface area contributed by atoms with E-state index < -0.39 is 11.6 Å². The van der Waals surface area contributed by atoms with Gasteiger partial charge in [0.1, 0.15) is 17.4 Å². The molecule has 7 rings (SSSR count). The van der Waals surface area contributed by atoms with Gasteiger partial charge in [-0.25, -0.2) is 13.8 Å². The number of nitrogens with zero attached hydrogens (tertiary/aromatic N) is 4. The van der Waals surface area contributed by atoms with E-state index in [9.17, 15) is 9.18 Å². The number of benzene rings is 2. The number of carbonyl (C=O) groups is 1. The van der Waals surface area contributed by atoms with E-state index in [0.29, 0.717) is 36.3 Å². The minimum Gasteiger partial charge on any atom is -0.490 e. The predicted molar refractivity (Wildman–Crippen MR) is 179 cm³/mol. The summed E-state index contributed by atoms with van der Waals surface area (Å²) in [5.41, 5.74) is 8.05. The second-order valence-corrected chi connectivity index (χ2v) is 13.2. The topological polar surface area (TPSA) is 58.6 Å². The number of likely N-dealkylation sites (N-methyl/N-ethyl adjacent to an activating group) is 1. The normalized spacial score (nSPS) is 14.8. The third kappa shape index (κ3) is 5.48. The zero-order valence-electron chi connectivity index (χ0n) is 26.1. The molecule has 0 N–H and O–H groups in total. The first-order chi connectivity index (χ1) is 22.2. The van der Waals surface area contributed by atoms with Crippen LogP contribution in [0.25, 0.3) is 43.7 Å². The van der Waals surface area contributed by atoms with Crippen molar-refractivity contribution in [3.8, 4) is 39.4 Å². The van der Waals surface area contributed by atoms with E-state index in [4.69, 9.17) is 14.7 Å². The summed E-state index contributed by atoms with van der Waals surface area (Å²) in [6.07, 6.45) is 4.34. The molecule has 0 fully saturated rings. The number of rotatable bonds is 6. The average molecular weight is 637 g/mol. The lowest BCUT2D eigenvalue weighted by Gasteiger charge is -2.28. The number of pyridine rings is 2. The third-order valence-electron chi connectivity index (χ3n) is 8.72. The van der Waals surface area contributed by atoms with Crippen LogP contribution in [0.15, 0.2) is 66.7 Å². The maximum atomic E-state index is 16.1. The van der Waals surface area contributed by atoms with E-state index >= 15 is 4.39 Å². The second-order valence-electron chi connectivity index (χ2n) is 12.3. The summed E-state index contributed by atoms with van der Waals surface area (Å²) in [4.78, 5) is 26.6. The number of fused-ring (bicyclic) bond motifs is 3. The van der Waals surface area contributed by atoms with Gasteiger partial charge >= 0.3 is 0 Å². The average Bonchev–Trinajstić information content (AvgIpc) is 3.53. The number of ether oxygens (including phenoxy) is 1. The van der Waals surface area contributed by atoms with Gasteiger partial charge in [0.05, 0.1) is 23.1 Å². The van der Waals surface area contributed by atoms with Gasteiger partial charge in [-0.1, -0.05) is 18.7 Å². The molecule has 0 aliphatic carbocycles. The molecule has 0 unspecified atom stereocenters. The van der Waals surface area contributed by atoms with Crippen LogP contribution in [-0.2, 0) is 30.7 Å². The Hall–Kier alpha value is -4.47. The van der Waals surface area contributed by atoms with E-state index in [1.807, 2.05) is 31.4 Å². The van der Waals surface area contributed by atoms with Gasteiger partial charge in [0.15, 0.2) is 0 Å². The zero-order valence-corrected chi connectivity index (χ0v) is 26.9. The molecular formula is C37H34F2N4O2S. The van der Waals surface area contributed by atoms with Crippen LogP contribution in [0.4, 0.5) is 8.78 Å². The van der Waals surface area contributed by atoms with Crippen LogP contribution >= 0.6 is 11.3 Å². The first kappa shape index (κ1) is 30.2. The Balaban J connectivity index is 1.49.